The molecule has 0 spiro atoms. The van der Waals surface area contributed by atoms with Crippen LogP contribution in [0.2, 0.25) is 0 Å². The van der Waals surface area contributed by atoms with E-state index in [1.165, 1.54) is 5.56 Å². The second-order valence-electron chi connectivity index (χ2n) is 5.07. The number of hydrogen-bond acceptors (Lipinski definition) is 3. The van der Waals surface area contributed by atoms with Crippen molar-refractivity contribution in [3.05, 3.63) is 42.0 Å². The van der Waals surface area contributed by atoms with E-state index in [0.717, 1.165) is 31.5 Å². The average Bonchev–Trinajstić information content (AvgIpc) is 2.45. The Morgan fingerprint density at radius 2 is 2.00 bits per heavy atom. The van der Waals surface area contributed by atoms with Crippen molar-refractivity contribution in [1.82, 2.24) is 4.90 Å². The molecule has 3 heteroatoms. The maximum absolute atomic E-state index is 5.40. The maximum Gasteiger partial charge on any atom is 0.118 e. The number of hydrogen-bond donors (Lipinski definition) is 0. The third-order valence-corrected chi connectivity index (χ3v) is 2.80. The molecule has 0 fully saturated rings. The second-order valence-corrected chi connectivity index (χ2v) is 5.07. The van der Waals surface area contributed by atoms with Crippen molar-refractivity contribution >= 4 is 11.8 Å². The molecule has 0 aromatic heterocycles. The molecule has 3 nitrogen and oxygen atoms in total. The summed E-state index contributed by atoms with van der Waals surface area (Å²) in [5.41, 5.74) is 2.19. The van der Waals surface area contributed by atoms with Crippen molar-refractivity contribution in [2.45, 2.75) is 26.2 Å². The minimum atomic E-state index is 0.671. The fourth-order valence-corrected chi connectivity index (χ4v) is 1.75. The molecule has 0 aliphatic carbocycles. The SMILES string of the molecule is CCCC(/C=C/c1ccccc1)=N\OCCCN(C)C. The lowest BCUT2D eigenvalue weighted by Gasteiger charge is -2.08. The molecule has 1 aromatic carbocycles. The normalized spacial score (nSPS) is 12.3. The van der Waals surface area contributed by atoms with Crippen LogP contribution in [0, 0.1) is 0 Å². The quantitative estimate of drug-likeness (QED) is 0.388. The largest absolute Gasteiger partial charge is 0.396 e. The summed E-state index contributed by atoms with van der Waals surface area (Å²) in [6, 6.07) is 10.3. The maximum atomic E-state index is 5.40. The lowest BCUT2D eigenvalue weighted by Crippen LogP contribution is -2.14. The van der Waals surface area contributed by atoms with Crippen LogP contribution in [0.3, 0.4) is 0 Å². The summed E-state index contributed by atoms with van der Waals surface area (Å²) >= 11 is 0. The summed E-state index contributed by atoms with van der Waals surface area (Å²) in [4.78, 5) is 7.55. The first-order valence-electron chi connectivity index (χ1n) is 7.29. The fraction of sp³-hybridized carbons (Fsp3) is 0.471. The van der Waals surface area contributed by atoms with Gasteiger partial charge < -0.3 is 9.74 Å². The van der Waals surface area contributed by atoms with Crippen LogP contribution in [0.4, 0.5) is 0 Å². The van der Waals surface area contributed by atoms with Crippen LogP contribution in [0.5, 0.6) is 0 Å². The van der Waals surface area contributed by atoms with E-state index in [0.29, 0.717) is 6.61 Å². The summed E-state index contributed by atoms with van der Waals surface area (Å²) in [6.07, 6.45) is 7.14. The summed E-state index contributed by atoms with van der Waals surface area (Å²) in [5, 5.41) is 4.24. The highest BCUT2D eigenvalue weighted by atomic mass is 16.6. The first-order valence-corrected chi connectivity index (χ1v) is 7.29. The van der Waals surface area contributed by atoms with Gasteiger partial charge in [-0.15, -0.1) is 0 Å². The van der Waals surface area contributed by atoms with Gasteiger partial charge in [-0.25, -0.2) is 0 Å². The van der Waals surface area contributed by atoms with Gasteiger partial charge in [0.2, 0.25) is 0 Å². The Hall–Kier alpha value is -1.61. The van der Waals surface area contributed by atoms with E-state index >= 15 is 0 Å². The monoisotopic (exact) mass is 274 g/mol. The zero-order valence-corrected chi connectivity index (χ0v) is 12.9. The van der Waals surface area contributed by atoms with Crippen LogP contribution in [0.25, 0.3) is 6.08 Å². The highest BCUT2D eigenvalue weighted by Crippen LogP contribution is 2.04. The van der Waals surface area contributed by atoms with Gasteiger partial charge in [0.15, 0.2) is 0 Å². The second kappa shape index (κ2) is 10.2. The van der Waals surface area contributed by atoms with E-state index in [1.54, 1.807) is 0 Å². The first kappa shape index (κ1) is 16.4. The number of benzene rings is 1. The van der Waals surface area contributed by atoms with Crippen LogP contribution in [0.1, 0.15) is 31.7 Å². The molecular formula is C17H26N2O. The van der Waals surface area contributed by atoms with Crippen molar-refractivity contribution in [3.8, 4) is 0 Å². The van der Waals surface area contributed by atoms with Crippen LogP contribution >= 0.6 is 0 Å². The standard InChI is InChI=1S/C17H26N2O/c1-4-9-17(18-20-15-8-14-19(2)3)13-12-16-10-6-5-7-11-16/h5-7,10-13H,4,8-9,14-15H2,1-3H3/b13-12+,18-17+. The van der Waals surface area contributed by atoms with Gasteiger partial charge in [0.05, 0.1) is 5.71 Å². The molecule has 0 unspecified atom stereocenters. The van der Waals surface area contributed by atoms with E-state index in [2.05, 4.69) is 49.3 Å². The van der Waals surface area contributed by atoms with Crippen molar-refractivity contribution in [1.29, 1.82) is 0 Å². The lowest BCUT2D eigenvalue weighted by molar-refractivity contribution is 0.135. The molecule has 0 aliphatic heterocycles. The molecule has 0 amide bonds. The Balaban J connectivity index is 2.44. The fourth-order valence-electron chi connectivity index (χ4n) is 1.75. The number of oxime groups is 1. The van der Waals surface area contributed by atoms with Gasteiger partial charge in [0, 0.05) is 6.54 Å². The van der Waals surface area contributed by atoms with E-state index in [-0.39, 0.29) is 0 Å². The molecule has 0 N–H and O–H groups in total. The number of rotatable bonds is 9. The molecule has 0 heterocycles. The Bertz CT molecular complexity index is 410. The number of allylic oxidation sites excluding steroid dienone is 1. The Morgan fingerprint density at radius 3 is 2.65 bits per heavy atom. The van der Waals surface area contributed by atoms with Crippen LogP contribution < -0.4 is 0 Å². The molecule has 0 aliphatic rings. The zero-order valence-electron chi connectivity index (χ0n) is 12.9. The molecule has 0 radical (unpaired) electrons. The Labute approximate surface area is 122 Å². The minimum Gasteiger partial charge on any atom is -0.396 e. The molecule has 1 rings (SSSR count). The van der Waals surface area contributed by atoms with Gasteiger partial charge in [0.25, 0.3) is 0 Å². The molecule has 20 heavy (non-hydrogen) atoms. The van der Waals surface area contributed by atoms with Crippen LogP contribution in [-0.2, 0) is 4.84 Å². The van der Waals surface area contributed by atoms with Gasteiger partial charge >= 0.3 is 0 Å². The van der Waals surface area contributed by atoms with Gasteiger partial charge in [-0.05, 0) is 38.6 Å². The Kier molecular flexibility index (Phi) is 8.40. The minimum absolute atomic E-state index is 0.671. The van der Waals surface area contributed by atoms with Crippen molar-refractivity contribution in [2.24, 2.45) is 5.16 Å². The predicted octanol–water partition coefficient (Wildman–Crippen LogP) is 3.82. The third kappa shape index (κ3) is 7.74. The van der Waals surface area contributed by atoms with Gasteiger partial charge in [-0.2, -0.15) is 0 Å². The molecule has 0 saturated carbocycles. The molecule has 0 atom stereocenters. The van der Waals surface area contributed by atoms with Gasteiger partial charge in [0.1, 0.15) is 6.61 Å². The third-order valence-electron chi connectivity index (χ3n) is 2.80. The van der Waals surface area contributed by atoms with Crippen molar-refractivity contribution < 1.29 is 4.84 Å². The smallest absolute Gasteiger partial charge is 0.118 e. The first-order chi connectivity index (χ1) is 9.72. The van der Waals surface area contributed by atoms with Crippen molar-refractivity contribution in [2.75, 3.05) is 27.2 Å². The topological polar surface area (TPSA) is 24.8 Å². The summed E-state index contributed by atoms with van der Waals surface area (Å²) in [6.45, 7) is 3.85. The summed E-state index contributed by atoms with van der Waals surface area (Å²) in [5.74, 6) is 0. The summed E-state index contributed by atoms with van der Waals surface area (Å²) in [7, 11) is 4.13. The van der Waals surface area contributed by atoms with Gasteiger partial charge in [-0.1, -0.05) is 54.9 Å². The highest BCUT2D eigenvalue weighted by molar-refractivity contribution is 5.97. The highest BCUT2D eigenvalue weighted by Gasteiger charge is 1.95. The molecule has 1 aromatic rings. The Morgan fingerprint density at radius 1 is 1.25 bits per heavy atom. The summed E-state index contributed by atoms with van der Waals surface area (Å²) < 4.78 is 0. The van der Waals surface area contributed by atoms with Crippen LogP contribution in [-0.4, -0.2) is 37.9 Å². The predicted molar refractivity (Wildman–Crippen MR) is 86.9 cm³/mol. The van der Waals surface area contributed by atoms with E-state index in [9.17, 15) is 0 Å². The molecule has 0 bridgehead atoms. The molecular weight excluding hydrogens is 248 g/mol. The van der Waals surface area contributed by atoms with Gasteiger partial charge in [-0.3, -0.25) is 0 Å². The zero-order chi connectivity index (χ0) is 14.6. The van der Waals surface area contributed by atoms with Crippen molar-refractivity contribution in [3.63, 3.8) is 0 Å². The lowest BCUT2D eigenvalue weighted by atomic mass is 10.1. The molecule has 0 saturated heterocycles. The van der Waals surface area contributed by atoms with Crippen LogP contribution in [0.15, 0.2) is 41.6 Å². The van der Waals surface area contributed by atoms with E-state index < -0.39 is 0 Å². The average molecular weight is 274 g/mol. The molecule has 110 valence electrons. The number of nitrogens with zero attached hydrogens (tertiary/aromatic N) is 2. The van der Waals surface area contributed by atoms with E-state index in [4.69, 9.17) is 4.84 Å². The van der Waals surface area contributed by atoms with E-state index in [1.807, 2.05) is 24.3 Å².